The number of carbonyl (C=O) groups excluding carboxylic acids is 2. The Kier molecular flexibility index (Phi) is 10.2. The lowest BCUT2D eigenvalue weighted by atomic mass is 10.2. The molecule has 0 aromatic heterocycles. The van der Waals surface area contributed by atoms with Crippen molar-refractivity contribution in [2.45, 2.75) is 52.0 Å². The van der Waals surface area contributed by atoms with Crippen molar-refractivity contribution in [2.75, 3.05) is 27.3 Å². The molecule has 0 aliphatic carbocycles. The normalized spacial score (nSPS) is 12.3. The Labute approximate surface area is 116 Å². The van der Waals surface area contributed by atoms with Crippen LogP contribution in [-0.2, 0) is 19.1 Å². The van der Waals surface area contributed by atoms with Crippen molar-refractivity contribution in [1.29, 1.82) is 0 Å². The largest absolute Gasteiger partial charge is 0.466 e. The van der Waals surface area contributed by atoms with Gasteiger partial charge in [-0.05, 0) is 26.9 Å². The predicted molar refractivity (Wildman–Crippen MR) is 73.8 cm³/mol. The maximum Gasteiger partial charge on any atom is 0.323 e. The van der Waals surface area contributed by atoms with Gasteiger partial charge in [-0.15, -0.1) is 0 Å². The third kappa shape index (κ3) is 8.59. The summed E-state index contributed by atoms with van der Waals surface area (Å²) in [5.41, 5.74) is 0. The first-order valence-electron chi connectivity index (χ1n) is 7.01. The number of likely N-dealkylation sites (N-methyl/N-ethyl adjacent to an activating group) is 1. The number of rotatable bonds is 10. The quantitative estimate of drug-likeness (QED) is 0.450. The van der Waals surface area contributed by atoms with Crippen molar-refractivity contribution in [3.63, 3.8) is 0 Å². The summed E-state index contributed by atoms with van der Waals surface area (Å²) in [6.45, 7) is 4.88. The number of unbranched alkanes of at least 4 members (excludes halogenated alkanes) is 2. The van der Waals surface area contributed by atoms with Crippen LogP contribution in [-0.4, -0.2) is 50.2 Å². The van der Waals surface area contributed by atoms with Crippen molar-refractivity contribution >= 4 is 11.9 Å². The Balaban J connectivity index is 4.16. The molecule has 0 aliphatic heterocycles. The van der Waals surface area contributed by atoms with Crippen LogP contribution in [0.4, 0.5) is 0 Å². The molecule has 0 bridgehead atoms. The van der Waals surface area contributed by atoms with Gasteiger partial charge in [0.15, 0.2) is 0 Å². The van der Waals surface area contributed by atoms with Crippen molar-refractivity contribution < 1.29 is 19.1 Å². The van der Waals surface area contributed by atoms with Gasteiger partial charge in [0.1, 0.15) is 6.04 Å². The molecule has 0 amide bonds. The summed E-state index contributed by atoms with van der Waals surface area (Å²) in [6, 6.07) is -0.564. The number of carbonyl (C=O) groups is 2. The lowest BCUT2D eigenvalue weighted by molar-refractivity contribution is -0.155. The molecule has 0 aromatic carbocycles. The monoisotopic (exact) mass is 273 g/mol. The molecular weight excluding hydrogens is 246 g/mol. The summed E-state index contributed by atoms with van der Waals surface area (Å²) in [5.74, 6) is -0.703. The van der Waals surface area contributed by atoms with E-state index in [2.05, 4.69) is 0 Å². The highest BCUT2D eigenvalue weighted by molar-refractivity contribution is 5.82. The molecule has 0 heterocycles. The number of ether oxygens (including phenoxy) is 2. The van der Waals surface area contributed by atoms with Crippen molar-refractivity contribution in [3.05, 3.63) is 0 Å². The van der Waals surface area contributed by atoms with Crippen LogP contribution < -0.4 is 0 Å². The van der Waals surface area contributed by atoms with E-state index in [9.17, 15) is 9.59 Å². The first kappa shape index (κ1) is 17.9. The molecule has 0 saturated heterocycles. The van der Waals surface area contributed by atoms with E-state index in [4.69, 9.17) is 9.47 Å². The smallest absolute Gasteiger partial charge is 0.323 e. The highest BCUT2D eigenvalue weighted by atomic mass is 16.5. The summed E-state index contributed by atoms with van der Waals surface area (Å²) >= 11 is 0. The molecule has 0 rings (SSSR count). The summed E-state index contributed by atoms with van der Waals surface area (Å²) in [5, 5.41) is 0. The minimum atomic E-state index is -0.564. The fourth-order valence-electron chi connectivity index (χ4n) is 1.44. The van der Waals surface area contributed by atoms with Gasteiger partial charge in [0.05, 0.1) is 19.6 Å². The third-order valence-electron chi connectivity index (χ3n) is 2.76. The standard InChI is InChI=1S/C14H27NO4/c1-5-7-9-18-13(16)11-12(15(3)4)14(17)19-10-8-6-2/h12H,5-11H2,1-4H3. The fourth-order valence-corrected chi connectivity index (χ4v) is 1.44. The lowest BCUT2D eigenvalue weighted by Gasteiger charge is -2.21. The van der Waals surface area contributed by atoms with E-state index in [1.54, 1.807) is 19.0 Å². The summed E-state index contributed by atoms with van der Waals surface area (Å²) in [4.78, 5) is 25.2. The Morgan fingerprint density at radius 1 is 1.00 bits per heavy atom. The zero-order valence-electron chi connectivity index (χ0n) is 12.6. The van der Waals surface area contributed by atoms with Crippen LogP contribution in [0.2, 0.25) is 0 Å². The van der Waals surface area contributed by atoms with E-state index < -0.39 is 6.04 Å². The van der Waals surface area contributed by atoms with Crippen LogP contribution in [0.1, 0.15) is 46.0 Å². The molecule has 0 fully saturated rings. The molecule has 112 valence electrons. The van der Waals surface area contributed by atoms with Crippen molar-refractivity contribution in [3.8, 4) is 0 Å². The average molecular weight is 273 g/mol. The molecule has 1 unspecified atom stereocenters. The van der Waals surface area contributed by atoms with Crippen LogP contribution in [0.3, 0.4) is 0 Å². The van der Waals surface area contributed by atoms with Gasteiger partial charge in [-0.1, -0.05) is 26.7 Å². The van der Waals surface area contributed by atoms with E-state index in [1.807, 2.05) is 13.8 Å². The molecule has 19 heavy (non-hydrogen) atoms. The van der Waals surface area contributed by atoms with Gasteiger partial charge in [0, 0.05) is 0 Å². The molecule has 5 heteroatoms. The fraction of sp³-hybridized carbons (Fsp3) is 0.857. The molecule has 0 saturated carbocycles. The van der Waals surface area contributed by atoms with Crippen LogP contribution >= 0.6 is 0 Å². The Morgan fingerprint density at radius 2 is 1.53 bits per heavy atom. The molecule has 0 radical (unpaired) electrons. The van der Waals surface area contributed by atoms with E-state index in [0.717, 1.165) is 25.7 Å². The van der Waals surface area contributed by atoms with Crippen LogP contribution in [0.15, 0.2) is 0 Å². The van der Waals surface area contributed by atoms with Gasteiger partial charge < -0.3 is 9.47 Å². The number of hydrogen-bond donors (Lipinski definition) is 0. The maximum absolute atomic E-state index is 11.9. The second-order valence-corrected chi connectivity index (χ2v) is 4.78. The van der Waals surface area contributed by atoms with Crippen LogP contribution in [0, 0.1) is 0 Å². The SMILES string of the molecule is CCCCOC(=O)CC(C(=O)OCCCC)N(C)C. The Bertz CT molecular complexity index is 266. The first-order valence-corrected chi connectivity index (χ1v) is 7.01. The number of hydrogen-bond acceptors (Lipinski definition) is 5. The van der Waals surface area contributed by atoms with E-state index in [-0.39, 0.29) is 18.4 Å². The summed E-state index contributed by atoms with van der Waals surface area (Å²) in [7, 11) is 3.51. The first-order chi connectivity index (χ1) is 9.02. The predicted octanol–water partition coefficient (Wildman–Crippen LogP) is 1.99. The molecule has 5 nitrogen and oxygen atoms in total. The summed E-state index contributed by atoms with van der Waals surface area (Å²) < 4.78 is 10.2. The molecule has 0 spiro atoms. The third-order valence-corrected chi connectivity index (χ3v) is 2.76. The molecule has 0 aliphatic rings. The van der Waals surface area contributed by atoms with E-state index in [0.29, 0.717) is 13.2 Å². The van der Waals surface area contributed by atoms with Crippen molar-refractivity contribution in [2.24, 2.45) is 0 Å². The Morgan fingerprint density at radius 3 is 2.00 bits per heavy atom. The number of nitrogens with zero attached hydrogens (tertiary/aromatic N) is 1. The average Bonchev–Trinajstić information content (AvgIpc) is 2.36. The van der Waals surface area contributed by atoms with Crippen LogP contribution in [0.5, 0.6) is 0 Å². The number of esters is 2. The highest BCUT2D eigenvalue weighted by Crippen LogP contribution is 2.06. The molecule has 1 atom stereocenters. The highest BCUT2D eigenvalue weighted by Gasteiger charge is 2.26. The zero-order chi connectivity index (χ0) is 14.7. The molecular formula is C14H27NO4. The van der Waals surface area contributed by atoms with Crippen molar-refractivity contribution in [1.82, 2.24) is 4.90 Å². The lowest BCUT2D eigenvalue weighted by Crippen LogP contribution is -2.39. The van der Waals surface area contributed by atoms with Crippen LogP contribution in [0.25, 0.3) is 0 Å². The van der Waals surface area contributed by atoms with Gasteiger partial charge >= 0.3 is 11.9 Å². The van der Waals surface area contributed by atoms with E-state index >= 15 is 0 Å². The topological polar surface area (TPSA) is 55.8 Å². The zero-order valence-corrected chi connectivity index (χ0v) is 12.6. The Hall–Kier alpha value is -1.10. The second kappa shape index (κ2) is 10.8. The summed E-state index contributed by atoms with van der Waals surface area (Å²) in [6.07, 6.45) is 3.68. The molecule has 0 N–H and O–H groups in total. The second-order valence-electron chi connectivity index (χ2n) is 4.78. The van der Waals surface area contributed by atoms with Gasteiger partial charge in [-0.3, -0.25) is 14.5 Å². The molecule has 0 aromatic rings. The maximum atomic E-state index is 11.9. The van der Waals surface area contributed by atoms with Gasteiger partial charge in [-0.25, -0.2) is 0 Å². The van der Waals surface area contributed by atoms with E-state index in [1.165, 1.54) is 0 Å². The van der Waals surface area contributed by atoms with Gasteiger partial charge in [0.25, 0.3) is 0 Å². The van der Waals surface area contributed by atoms with Gasteiger partial charge in [0.2, 0.25) is 0 Å². The minimum absolute atomic E-state index is 0.0433. The minimum Gasteiger partial charge on any atom is -0.466 e. The van der Waals surface area contributed by atoms with Gasteiger partial charge in [-0.2, -0.15) is 0 Å².